The number of methoxy groups -OCH3 is 1. The van der Waals surface area contributed by atoms with Crippen LogP contribution in [0.5, 0.6) is 0 Å². The first-order valence-electron chi connectivity index (χ1n) is 5.34. The van der Waals surface area contributed by atoms with E-state index in [1.807, 2.05) is 25.6 Å². The standard InChI is InChI=1S/C11H21NO2S/c1-11(2,10(13)14-4)8-12(3)9-5-6-15-7-9/h9H,5-8H2,1-4H3. The van der Waals surface area contributed by atoms with Gasteiger partial charge in [-0.3, -0.25) is 4.79 Å². The monoisotopic (exact) mass is 231 g/mol. The predicted octanol–water partition coefficient (Wildman–Crippen LogP) is 1.62. The molecule has 1 heterocycles. The molecule has 1 saturated heterocycles. The average Bonchev–Trinajstić information content (AvgIpc) is 2.68. The van der Waals surface area contributed by atoms with Gasteiger partial charge in [-0.15, -0.1) is 0 Å². The number of carbonyl (C=O) groups excluding carboxylic acids is 1. The van der Waals surface area contributed by atoms with Crippen molar-refractivity contribution < 1.29 is 9.53 Å². The number of hydrogen-bond donors (Lipinski definition) is 0. The Bertz CT molecular complexity index is 225. The van der Waals surface area contributed by atoms with Crippen LogP contribution in [0.3, 0.4) is 0 Å². The number of nitrogens with zero attached hydrogens (tertiary/aromatic N) is 1. The van der Waals surface area contributed by atoms with Gasteiger partial charge in [0, 0.05) is 18.3 Å². The van der Waals surface area contributed by atoms with E-state index < -0.39 is 5.41 Å². The lowest BCUT2D eigenvalue weighted by molar-refractivity contribution is -0.151. The molecule has 0 spiro atoms. The van der Waals surface area contributed by atoms with Crippen molar-refractivity contribution in [3.05, 3.63) is 0 Å². The average molecular weight is 231 g/mol. The van der Waals surface area contributed by atoms with Crippen molar-refractivity contribution in [2.45, 2.75) is 26.3 Å². The third-order valence-corrected chi connectivity index (χ3v) is 4.06. The maximum absolute atomic E-state index is 11.5. The maximum atomic E-state index is 11.5. The highest BCUT2D eigenvalue weighted by Crippen LogP contribution is 2.25. The van der Waals surface area contributed by atoms with Crippen molar-refractivity contribution in [1.82, 2.24) is 4.90 Å². The second-order valence-electron chi connectivity index (χ2n) is 4.81. The van der Waals surface area contributed by atoms with Gasteiger partial charge in [0.2, 0.25) is 0 Å². The Morgan fingerprint density at radius 1 is 1.60 bits per heavy atom. The Morgan fingerprint density at radius 3 is 2.73 bits per heavy atom. The molecule has 1 rings (SSSR count). The van der Waals surface area contributed by atoms with Gasteiger partial charge in [-0.1, -0.05) is 0 Å². The van der Waals surface area contributed by atoms with E-state index in [0.29, 0.717) is 6.04 Å². The molecule has 0 aromatic carbocycles. The van der Waals surface area contributed by atoms with Gasteiger partial charge in [-0.25, -0.2) is 0 Å². The van der Waals surface area contributed by atoms with Crippen LogP contribution < -0.4 is 0 Å². The smallest absolute Gasteiger partial charge is 0.312 e. The molecule has 0 radical (unpaired) electrons. The molecule has 4 heteroatoms. The minimum atomic E-state index is -0.406. The van der Waals surface area contributed by atoms with Crippen molar-refractivity contribution in [2.24, 2.45) is 5.41 Å². The third-order valence-electron chi connectivity index (χ3n) is 2.91. The summed E-state index contributed by atoms with van der Waals surface area (Å²) < 4.78 is 4.81. The predicted molar refractivity (Wildman–Crippen MR) is 64.2 cm³/mol. The first-order chi connectivity index (χ1) is 6.97. The highest BCUT2D eigenvalue weighted by atomic mass is 32.2. The molecule has 0 aliphatic carbocycles. The Labute approximate surface area is 96.5 Å². The van der Waals surface area contributed by atoms with Gasteiger partial charge < -0.3 is 9.64 Å². The third kappa shape index (κ3) is 3.38. The zero-order chi connectivity index (χ0) is 11.5. The molecule has 1 aliphatic rings. The minimum Gasteiger partial charge on any atom is -0.469 e. The van der Waals surface area contributed by atoms with Crippen molar-refractivity contribution in [1.29, 1.82) is 0 Å². The van der Waals surface area contributed by atoms with E-state index in [0.717, 1.165) is 6.54 Å². The lowest BCUT2D eigenvalue weighted by Gasteiger charge is -2.31. The molecule has 0 N–H and O–H groups in total. The normalized spacial score (nSPS) is 22.1. The molecule has 88 valence electrons. The summed E-state index contributed by atoms with van der Waals surface area (Å²) in [5, 5.41) is 0. The quantitative estimate of drug-likeness (QED) is 0.688. The van der Waals surface area contributed by atoms with Gasteiger partial charge in [0.1, 0.15) is 0 Å². The van der Waals surface area contributed by atoms with Crippen LogP contribution >= 0.6 is 11.8 Å². The zero-order valence-electron chi connectivity index (χ0n) is 10.1. The summed E-state index contributed by atoms with van der Waals surface area (Å²) in [6.07, 6.45) is 1.23. The van der Waals surface area contributed by atoms with Crippen LogP contribution in [0.25, 0.3) is 0 Å². The van der Waals surface area contributed by atoms with Crippen LogP contribution in [-0.4, -0.2) is 49.1 Å². The maximum Gasteiger partial charge on any atom is 0.312 e. The van der Waals surface area contributed by atoms with E-state index in [2.05, 4.69) is 11.9 Å². The van der Waals surface area contributed by atoms with Gasteiger partial charge >= 0.3 is 5.97 Å². The molecule has 3 nitrogen and oxygen atoms in total. The first kappa shape index (κ1) is 12.8. The summed E-state index contributed by atoms with van der Waals surface area (Å²) in [7, 11) is 3.55. The molecule has 1 fully saturated rings. The lowest BCUT2D eigenvalue weighted by atomic mass is 9.92. The molecule has 15 heavy (non-hydrogen) atoms. The summed E-state index contributed by atoms with van der Waals surface area (Å²) in [4.78, 5) is 13.8. The molecule has 0 amide bonds. The van der Waals surface area contributed by atoms with Crippen molar-refractivity contribution in [2.75, 3.05) is 32.2 Å². The molecular formula is C11H21NO2S. The van der Waals surface area contributed by atoms with E-state index in [-0.39, 0.29) is 5.97 Å². The van der Waals surface area contributed by atoms with E-state index in [1.54, 1.807) is 0 Å². The Balaban J connectivity index is 2.48. The van der Waals surface area contributed by atoms with Gasteiger partial charge in [-0.05, 0) is 33.1 Å². The molecular weight excluding hydrogens is 210 g/mol. The summed E-state index contributed by atoms with van der Waals surface area (Å²) in [6.45, 7) is 4.65. The second kappa shape index (κ2) is 5.21. The fraction of sp³-hybridized carbons (Fsp3) is 0.909. The number of rotatable bonds is 4. The highest BCUT2D eigenvalue weighted by Gasteiger charge is 2.32. The largest absolute Gasteiger partial charge is 0.469 e. The van der Waals surface area contributed by atoms with Gasteiger partial charge in [0.25, 0.3) is 0 Å². The SMILES string of the molecule is COC(=O)C(C)(C)CN(C)C1CCSC1. The summed E-state index contributed by atoms with van der Waals surface area (Å²) in [5.74, 6) is 2.31. The van der Waals surface area contributed by atoms with Crippen LogP contribution in [0.1, 0.15) is 20.3 Å². The number of ether oxygens (including phenoxy) is 1. The van der Waals surface area contributed by atoms with Crippen molar-refractivity contribution in [3.63, 3.8) is 0 Å². The molecule has 1 unspecified atom stereocenters. The number of carbonyl (C=O) groups is 1. The van der Waals surface area contributed by atoms with E-state index >= 15 is 0 Å². The summed E-state index contributed by atoms with van der Waals surface area (Å²) >= 11 is 1.99. The van der Waals surface area contributed by atoms with Gasteiger partial charge in [0.05, 0.1) is 12.5 Å². The van der Waals surface area contributed by atoms with Crippen LogP contribution in [0.15, 0.2) is 0 Å². The van der Waals surface area contributed by atoms with Gasteiger partial charge in [0.15, 0.2) is 0 Å². The van der Waals surface area contributed by atoms with E-state index in [9.17, 15) is 4.79 Å². The Kier molecular flexibility index (Phi) is 4.46. The molecule has 0 aromatic rings. The highest BCUT2D eigenvalue weighted by molar-refractivity contribution is 7.99. The van der Waals surface area contributed by atoms with E-state index in [1.165, 1.54) is 25.0 Å². The molecule has 1 aliphatic heterocycles. The molecule has 0 saturated carbocycles. The zero-order valence-corrected chi connectivity index (χ0v) is 10.9. The summed E-state index contributed by atoms with van der Waals surface area (Å²) in [6, 6.07) is 0.624. The summed E-state index contributed by atoms with van der Waals surface area (Å²) in [5.41, 5.74) is -0.406. The van der Waals surface area contributed by atoms with Crippen molar-refractivity contribution in [3.8, 4) is 0 Å². The fourth-order valence-corrected chi connectivity index (χ4v) is 3.26. The Morgan fingerprint density at radius 2 is 2.27 bits per heavy atom. The Hall–Kier alpha value is -0.220. The topological polar surface area (TPSA) is 29.5 Å². The van der Waals surface area contributed by atoms with E-state index in [4.69, 9.17) is 4.74 Å². The molecule has 1 atom stereocenters. The second-order valence-corrected chi connectivity index (χ2v) is 5.96. The van der Waals surface area contributed by atoms with Gasteiger partial charge in [-0.2, -0.15) is 11.8 Å². The van der Waals surface area contributed by atoms with Crippen LogP contribution in [0.2, 0.25) is 0 Å². The fourth-order valence-electron chi connectivity index (χ4n) is 1.96. The van der Waals surface area contributed by atoms with Crippen LogP contribution in [-0.2, 0) is 9.53 Å². The molecule has 0 aromatic heterocycles. The van der Waals surface area contributed by atoms with Crippen molar-refractivity contribution >= 4 is 17.7 Å². The lowest BCUT2D eigenvalue weighted by Crippen LogP contribution is -2.42. The molecule has 0 bridgehead atoms. The van der Waals surface area contributed by atoms with Crippen LogP contribution in [0.4, 0.5) is 0 Å². The minimum absolute atomic E-state index is 0.125. The number of hydrogen-bond acceptors (Lipinski definition) is 4. The number of thioether (sulfide) groups is 1. The number of esters is 1. The first-order valence-corrected chi connectivity index (χ1v) is 6.49. The van der Waals surface area contributed by atoms with Crippen LogP contribution in [0, 0.1) is 5.41 Å².